The molecule has 3 N–H and O–H groups in total. The molecular formula is C22H17N3O4. The predicted octanol–water partition coefficient (Wildman–Crippen LogP) is 1.78. The number of fused-ring (bicyclic) bond motifs is 1. The van der Waals surface area contributed by atoms with Crippen molar-refractivity contribution in [3.05, 3.63) is 59.9 Å². The Hall–Kier alpha value is -3.75. The molecule has 3 aromatic rings. The Labute approximate surface area is 167 Å². The molecular weight excluding hydrogens is 370 g/mol. The minimum Gasteiger partial charge on any atom is -0.393 e. The number of nitrogens with zero attached hydrogens (tertiary/aromatic N) is 2. The monoisotopic (exact) mass is 387 g/mol. The zero-order valence-electron chi connectivity index (χ0n) is 15.5. The number of hydrogen-bond donors (Lipinski definition) is 3. The fraction of sp³-hybridized carbons (Fsp3) is 0.136. The molecule has 0 aliphatic heterocycles. The number of hydrogen-bond acceptors (Lipinski definition) is 6. The first-order valence-electron chi connectivity index (χ1n) is 8.61. The van der Waals surface area contributed by atoms with Crippen LogP contribution in [0.4, 0.5) is 0 Å². The third-order valence-corrected chi connectivity index (χ3v) is 4.09. The first kappa shape index (κ1) is 20.0. The molecule has 0 saturated heterocycles. The van der Waals surface area contributed by atoms with Crippen LogP contribution in [0.25, 0.3) is 22.2 Å². The average Bonchev–Trinajstić information content (AvgIpc) is 2.78. The van der Waals surface area contributed by atoms with E-state index in [-0.39, 0.29) is 12.2 Å². The lowest BCUT2D eigenvalue weighted by Crippen LogP contribution is -2.19. The molecule has 7 nitrogen and oxygen atoms in total. The second kappa shape index (κ2) is 9.45. The van der Waals surface area contributed by atoms with Crippen LogP contribution in [-0.2, 0) is 4.74 Å². The van der Waals surface area contributed by atoms with Crippen LogP contribution in [0.1, 0.15) is 15.9 Å². The molecule has 29 heavy (non-hydrogen) atoms. The Morgan fingerprint density at radius 3 is 2.72 bits per heavy atom. The number of carbonyl (C=O) groups excluding carboxylic acids is 1. The van der Waals surface area contributed by atoms with Gasteiger partial charge < -0.3 is 9.84 Å². The van der Waals surface area contributed by atoms with E-state index in [1.165, 1.54) is 13.3 Å². The van der Waals surface area contributed by atoms with Gasteiger partial charge in [-0.1, -0.05) is 24.0 Å². The fourth-order valence-electron chi connectivity index (χ4n) is 2.59. The van der Waals surface area contributed by atoms with Crippen LogP contribution in [-0.4, -0.2) is 46.0 Å². The number of aliphatic hydroxyl groups excluding tert-OH is 1. The molecule has 1 unspecified atom stereocenters. The van der Waals surface area contributed by atoms with Gasteiger partial charge in [0, 0.05) is 36.0 Å². The molecule has 0 radical (unpaired) electrons. The van der Waals surface area contributed by atoms with Crippen LogP contribution in [0.5, 0.6) is 0 Å². The van der Waals surface area contributed by atoms with Gasteiger partial charge in [0.25, 0.3) is 5.91 Å². The van der Waals surface area contributed by atoms with Gasteiger partial charge >= 0.3 is 0 Å². The van der Waals surface area contributed by atoms with Crippen molar-refractivity contribution in [2.45, 2.75) is 6.10 Å². The Balaban J connectivity index is 1.91. The summed E-state index contributed by atoms with van der Waals surface area (Å²) in [6.07, 6.45) is 2.57. The summed E-state index contributed by atoms with van der Waals surface area (Å²) in [5.74, 6) is 10.3. The van der Waals surface area contributed by atoms with Crippen LogP contribution >= 0.6 is 0 Å². The number of aliphatic hydroxyl groups is 1. The first-order chi connectivity index (χ1) is 14.2. The second-order valence-electron chi connectivity index (χ2n) is 5.89. The van der Waals surface area contributed by atoms with E-state index in [4.69, 9.17) is 15.1 Å². The minimum absolute atomic E-state index is 0.189. The molecule has 3 rings (SSSR count). The quantitative estimate of drug-likeness (QED) is 0.358. The number of nitrogens with one attached hydrogen (secondary N) is 1. The lowest BCUT2D eigenvalue weighted by Gasteiger charge is -2.08. The number of rotatable bonds is 4. The van der Waals surface area contributed by atoms with Crippen molar-refractivity contribution in [2.24, 2.45) is 0 Å². The molecule has 0 spiro atoms. The number of carbonyl (C=O) groups is 1. The van der Waals surface area contributed by atoms with Gasteiger partial charge in [-0.2, -0.15) is 0 Å². The predicted molar refractivity (Wildman–Crippen MR) is 107 cm³/mol. The summed E-state index contributed by atoms with van der Waals surface area (Å²) in [5.41, 5.74) is 4.63. The van der Waals surface area contributed by atoms with E-state index in [9.17, 15) is 4.79 Å². The van der Waals surface area contributed by atoms with Crippen molar-refractivity contribution in [1.82, 2.24) is 15.4 Å². The summed E-state index contributed by atoms with van der Waals surface area (Å²) in [6, 6.07) is 10.6. The topological polar surface area (TPSA) is 105 Å². The highest BCUT2D eigenvalue weighted by atomic mass is 16.5. The van der Waals surface area contributed by atoms with Gasteiger partial charge in [0.05, 0.1) is 23.4 Å². The van der Waals surface area contributed by atoms with Gasteiger partial charge in [-0.05, 0) is 36.1 Å². The lowest BCUT2D eigenvalue weighted by molar-refractivity contribution is 0.0708. The molecule has 0 bridgehead atoms. The van der Waals surface area contributed by atoms with E-state index >= 15 is 0 Å². The summed E-state index contributed by atoms with van der Waals surface area (Å²) in [6.45, 7) is -0.189. The highest BCUT2D eigenvalue weighted by Gasteiger charge is 2.13. The summed E-state index contributed by atoms with van der Waals surface area (Å²) < 4.78 is 4.94. The van der Waals surface area contributed by atoms with Crippen molar-refractivity contribution in [1.29, 1.82) is 0 Å². The van der Waals surface area contributed by atoms with Crippen molar-refractivity contribution >= 4 is 16.8 Å². The molecule has 0 saturated carbocycles. The van der Waals surface area contributed by atoms with Gasteiger partial charge in [0.1, 0.15) is 6.10 Å². The third-order valence-electron chi connectivity index (χ3n) is 4.09. The van der Waals surface area contributed by atoms with Gasteiger partial charge in [-0.3, -0.25) is 15.0 Å². The summed E-state index contributed by atoms with van der Waals surface area (Å²) >= 11 is 0. The maximum absolute atomic E-state index is 12.0. The van der Waals surface area contributed by atoms with E-state index in [1.807, 2.05) is 24.3 Å². The Morgan fingerprint density at radius 2 is 2.03 bits per heavy atom. The summed E-state index contributed by atoms with van der Waals surface area (Å²) in [7, 11) is 1.47. The average molecular weight is 387 g/mol. The number of hydroxylamine groups is 1. The van der Waals surface area contributed by atoms with E-state index < -0.39 is 12.0 Å². The maximum atomic E-state index is 12.0. The van der Waals surface area contributed by atoms with E-state index in [0.717, 1.165) is 11.1 Å². The van der Waals surface area contributed by atoms with Crippen molar-refractivity contribution in [3.8, 4) is 34.9 Å². The summed E-state index contributed by atoms with van der Waals surface area (Å²) in [5, 5.41) is 18.6. The lowest BCUT2D eigenvalue weighted by atomic mass is 10.0. The van der Waals surface area contributed by atoms with Crippen molar-refractivity contribution < 1.29 is 19.8 Å². The van der Waals surface area contributed by atoms with Crippen molar-refractivity contribution in [2.75, 3.05) is 13.7 Å². The Kier molecular flexibility index (Phi) is 6.51. The van der Waals surface area contributed by atoms with Gasteiger partial charge in [0.15, 0.2) is 0 Å². The zero-order valence-corrected chi connectivity index (χ0v) is 15.5. The molecule has 1 amide bonds. The second-order valence-corrected chi connectivity index (χ2v) is 5.89. The van der Waals surface area contributed by atoms with Crippen LogP contribution in [0.3, 0.4) is 0 Å². The molecule has 2 aromatic heterocycles. The number of amides is 1. The van der Waals surface area contributed by atoms with Gasteiger partial charge in [-0.15, -0.1) is 0 Å². The number of aromatic nitrogens is 2. The highest BCUT2D eigenvalue weighted by molar-refractivity contribution is 6.06. The SMILES string of the molecule is COC(C#CC#Cc1ccc(-c2cc(C(=O)NO)c3cnccc3n2)cc1)CO. The van der Waals surface area contributed by atoms with Crippen molar-refractivity contribution in [3.63, 3.8) is 0 Å². The summed E-state index contributed by atoms with van der Waals surface area (Å²) in [4.78, 5) is 20.6. The maximum Gasteiger partial charge on any atom is 0.275 e. The molecule has 0 fully saturated rings. The van der Waals surface area contributed by atoms with Crippen LogP contribution in [0, 0.1) is 23.7 Å². The number of benzene rings is 1. The molecule has 144 valence electrons. The first-order valence-corrected chi connectivity index (χ1v) is 8.61. The normalized spacial score (nSPS) is 11.0. The van der Waals surface area contributed by atoms with Crippen LogP contribution in [0.15, 0.2) is 48.8 Å². The molecule has 2 heterocycles. The molecule has 0 aliphatic carbocycles. The Bertz CT molecular complexity index is 1150. The smallest absolute Gasteiger partial charge is 0.275 e. The van der Waals surface area contributed by atoms with Crippen LogP contribution < -0.4 is 5.48 Å². The zero-order chi connectivity index (χ0) is 20.6. The largest absolute Gasteiger partial charge is 0.393 e. The molecule has 1 atom stereocenters. The molecule has 0 aliphatic rings. The highest BCUT2D eigenvalue weighted by Crippen LogP contribution is 2.24. The van der Waals surface area contributed by atoms with Gasteiger partial charge in [0.2, 0.25) is 0 Å². The van der Waals surface area contributed by atoms with E-state index in [1.54, 1.807) is 23.8 Å². The van der Waals surface area contributed by atoms with Gasteiger partial charge in [-0.25, -0.2) is 10.5 Å². The third kappa shape index (κ3) is 4.75. The number of pyridine rings is 2. The standard InChI is InChI=1S/C22H17N3O4/c1-29-17(14-26)5-3-2-4-15-6-8-16(9-7-15)21-12-18(22(27)25-28)19-13-23-11-10-20(19)24-21/h6-13,17,26,28H,14H2,1H3,(H,25,27). The number of ether oxygens (including phenoxy) is 1. The van der Waals surface area contributed by atoms with E-state index in [0.29, 0.717) is 16.6 Å². The van der Waals surface area contributed by atoms with Crippen LogP contribution in [0.2, 0.25) is 0 Å². The number of methoxy groups -OCH3 is 1. The fourth-order valence-corrected chi connectivity index (χ4v) is 2.59. The Morgan fingerprint density at radius 1 is 1.24 bits per heavy atom. The minimum atomic E-state index is -0.634. The molecule has 1 aromatic carbocycles. The van der Waals surface area contributed by atoms with E-state index in [2.05, 4.69) is 33.6 Å². The molecule has 7 heteroatoms.